The second-order valence-corrected chi connectivity index (χ2v) is 7.50. The number of allylic oxidation sites excluding steroid dienone is 2. The molecule has 134 valence electrons. The zero-order valence-corrected chi connectivity index (χ0v) is 14.7. The molecule has 2 saturated carbocycles. The minimum atomic E-state index is -0.219. The normalized spacial score (nSPS) is 36.5. The van der Waals surface area contributed by atoms with Crippen LogP contribution in [0.4, 0.5) is 0 Å². The van der Waals surface area contributed by atoms with Gasteiger partial charge in [-0.1, -0.05) is 12.2 Å². The molecule has 1 aromatic rings. The van der Waals surface area contributed by atoms with Gasteiger partial charge in [-0.25, -0.2) is 0 Å². The highest BCUT2D eigenvalue weighted by Crippen LogP contribution is 2.65. The number of amides is 2. The lowest BCUT2D eigenvalue weighted by atomic mass is 9.63. The molecular formula is C20H20N2O4. The molecule has 3 fully saturated rings. The molecule has 2 amide bonds. The van der Waals surface area contributed by atoms with Crippen LogP contribution in [0.3, 0.4) is 0 Å². The van der Waals surface area contributed by atoms with Gasteiger partial charge in [0.1, 0.15) is 0 Å². The number of imide groups is 1. The first-order chi connectivity index (χ1) is 12.6. The van der Waals surface area contributed by atoms with E-state index in [2.05, 4.69) is 17.3 Å². The number of carbonyl (C=O) groups excluding carboxylic acids is 2. The first-order valence-corrected chi connectivity index (χ1v) is 8.96. The number of hydrogen-bond acceptors (Lipinski definition) is 5. The molecule has 1 saturated heterocycles. The monoisotopic (exact) mass is 352 g/mol. The van der Waals surface area contributed by atoms with E-state index in [0.29, 0.717) is 23.3 Å². The maximum atomic E-state index is 12.9. The number of ether oxygens (including phenoxy) is 2. The summed E-state index contributed by atoms with van der Waals surface area (Å²) in [6.07, 6.45) is 7.01. The summed E-state index contributed by atoms with van der Waals surface area (Å²) < 4.78 is 10.5. The van der Waals surface area contributed by atoms with Crippen molar-refractivity contribution < 1.29 is 19.1 Å². The van der Waals surface area contributed by atoms with Gasteiger partial charge < -0.3 is 9.47 Å². The second-order valence-electron chi connectivity index (χ2n) is 7.50. The van der Waals surface area contributed by atoms with E-state index in [-0.39, 0.29) is 35.5 Å². The predicted molar refractivity (Wildman–Crippen MR) is 93.7 cm³/mol. The zero-order valence-electron chi connectivity index (χ0n) is 14.7. The number of methoxy groups -OCH3 is 2. The van der Waals surface area contributed by atoms with Gasteiger partial charge in [-0.15, -0.1) is 0 Å². The van der Waals surface area contributed by atoms with Gasteiger partial charge >= 0.3 is 0 Å². The Kier molecular flexibility index (Phi) is 3.26. The molecule has 0 spiro atoms. The van der Waals surface area contributed by atoms with Crippen molar-refractivity contribution in [3.8, 4) is 11.5 Å². The van der Waals surface area contributed by atoms with E-state index < -0.39 is 0 Å². The highest BCUT2D eigenvalue weighted by Gasteiger charge is 2.67. The lowest BCUT2D eigenvalue weighted by molar-refractivity contribution is -0.140. The Morgan fingerprint density at radius 1 is 1.00 bits per heavy atom. The molecule has 0 unspecified atom stereocenters. The van der Waals surface area contributed by atoms with E-state index in [1.54, 1.807) is 26.4 Å². The fraction of sp³-hybridized carbons (Fsp3) is 0.450. The molecule has 26 heavy (non-hydrogen) atoms. The summed E-state index contributed by atoms with van der Waals surface area (Å²) in [5, 5.41) is 5.32. The predicted octanol–water partition coefficient (Wildman–Crippen LogP) is 2.09. The van der Waals surface area contributed by atoms with Crippen LogP contribution in [0.15, 0.2) is 35.5 Å². The third-order valence-electron chi connectivity index (χ3n) is 6.37. The van der Waals surface area contributed by atoms with E-state index in [9.17, 15) is 9.59 Å². The van der Waals surface area contributed by atoms with Crippen molar-refractivity contribution in [3.63, 3.8) is 0 Å². The van der Waals surface area contributed by atoms with Crippen molar-refractivity contribution in [2.24, 2.45) is 40.6 Å². The molecule has 4 aliphatic carbocycles. The summed E-state index contributed by atoms with van der Waals surface area (Å²) in [6.45, 7) is 0. The van der Waals surface area contributed by atoms with Gasteiger partial charge in [-0.2, -0.15) is 10.1 Å². The molecule has 2 bridgehead atoms. The fourth-order valence-corrected chi connectivity index (χ4v) is 5.11. The Labute approximate surface area is 151 Å². The van der Waals surface area contributed by atoms with Gasteiger partial charge in [0.25, 0.3) is 11.8 Å². The Morgan fingerprint density at radius 2 is 1.62 bits per heavy atom. The average Bonchev–Trinajstić information content (AvgIpc) is 3.45. The van der Waals surface area contributed by atoms with Crippen LogP contribution in [-0.4, -0.2) is 37.3 Å². The van der Waals surface area contributed by atoms with Crippen LogP contribution >= 0.6 is 0 Å². The Balaban J connectivity index is 1.41. The van der Waals surface area contributed by atoms with Crippen molar-refractivity contribution in [1.82, 2.24) is 5.01 Å². The van der Waals surface area contributed by atoms with Gasteiger partial charge in [-0.05, 0) is 53.9 Å². The Hall–Kier alpha value is -2.63. The van der Waals surface area contributed by atoms with Crippen molar-refractivity contribution in [3.05, 3.63) is 35.9 Å². The van der Waals surface area contributed by atoms with Crippen molar-refractivity contribution in [1.29, 1.82) is 0 Å². The molecule has 6 rings (SSSR count). The lowest BCUT2D eigenvalue weighted by Crippen LogP contribution is -2.40. The van der Waals surface area contributed by atoms with Crippen molar-refractivity contribution >= 4 is 18.0 Å². The maximum absolute atomic E-state index is 12.9. The number of rotatable bonds is 4. The van der Waals surface area contributed by atoms with Crippen LogP contribution in [-0.2, 0) is 9.59 Å². The summed E-state index contributed by atoms with van der Waals surface area (Å²) in [4.78, 5) is 25.7. The standard InChI is InChI=1S/C20H20N2O4/c1-25-15-6-3-10(7-16(15)26-2)9-21-22-19(23)17-11-4-5-12(14-8-13(11)14)18(17)20(22)24/h3-7,9,11-14,17-18H,8H2,1-2H3/t11-,12+,13-,14-,17-,18+/m0/s1. The van der Waals surface area contributed by atoms with E-state index in [0.717, 1.165) is 17.0 Å². The van der Waals surface area contributed by atoms with Crippen LogP contribution in [0.5, 0.6) is 11.5 Å². The number of nitrogens with zero attached hydrogens (tertiary/aromatic N) is 2. The van der Waals surface area contributed by atoms with E-state index in [1.165, 1.54) is 6.21 Å². The van der Waals surface area contributed by atoms with Gasteiger partial charge in [0.15, 0.2) is 11.5 Å². The van der Waals surface area contributed by atoms with Gasteiger partial charge in [0.05, 0.1) is 32.3 Å². The molecule has 0 radical (unpaired) electrons. The van der Waals surface area contributed by atoms with E-state index >= 15 is 0 Å². The summed E-state index contributed by atoms with van der Waals surface area (Å²) in [5.41, 5.74) is 0.738. The highest BCUT2D eigenvalue weighted by molar-refractivity contribution is 6.06. The molecular weight excluding hydrogens is 332 g/mol. The Morgan fingerprint density at radius 3 is 2.19 bits per heavy atom. The Bertz CT molecular complexity index is 825. The van der Waals surface area contributed by atoms with Gasteiger partial charge in [-0.3, -0.25) is 9.59 Å². The van der Waals surface area contributed by atoms with Gasteiger partial charge in [0, 0.05) is 0 Å². The van der Waals surface area contributed by atoms with Crippen molar-refractivity contribution in [2.75, 3.05) is 14.2 Å². The van der Waals surface area contributed by atoms with Crippen LogP contribution in [0.25, 0.3) is 0 Å². The number of hydrazone groups is 1. The number of hydrogen-bond donors (Lipinski definition) is 0. The molecule has 0 N–H and O–H groups in total. The molecule has 6 nitrogen and oxygen atoms in total. The summed E-state index contributed by atoms with van der Waals surface area (Å²) in [7, 11) is 3.13. The molecule has 6 atom stereocenters. The first kappa shape index (κ1) is 15.6. The van der Waals surface area contributed by atoms with Crippen LogP contribution in [0.1, 0.15) is 12.0 Å². The number of carbonyl (C=O) groups is 2. The minimum Gasteiger partial charge on any atom is -0.493 e. The molecule has 1 heterocycles. The second kappa shape index (κ2) is 5.43. The largest absolute Gasteiger partial charge is 0.493 e. The first-order valence-electron chi connectivity index (χ1n) is 8.96. The molecule has 0 aromatic heterocycles. The SMILES string of the molecule is COc1ccc(C=NN2C(=O)[C@@H]3[C@@H]4C=C[C@@H]([C@@H]5C[C@@H]45)[C@@H]3C2=O)cc1OC. The highest BCUT2D eigenvalue weighted by atomic mass is 16.5. The smallest absolute Gasteiger partial charge is 0.254 e. The average molecular weight is 352 g/mol. The van der Waals surface area contributed by atoms with Gasteiger partial charge in [0.2, 0.25) is 0 Å². The molecule has 1 aliphatic heterocycles. The van der Waals surface area contributed by atoms with Crippen LogP contribution in [0, 0.1) is 35.5 Å². The van der Waals surface area contributed by atoms with Crippen LogP contribution < -0.4 is 9.47 Å². The van der Waals surface area contributed by atoms with E-state index in [4.69, 9.17) is 9.47 Å². The summed E-state index contributed by atoms with van der Waals surface area (Å²) >= 11 is 0. The molecule has 1 aromatic carbocycles. The minimum absolute atomic E-state index is 0.151. The maximum Gasteiger partial charge on any atom is 0.254 e. The quantitative estimate of drug-likeness (QED) is 0.473. The lowest BCUT2D eigenvalue weighted by Gasteiger charge is -2.37. The third-order valence-corrected chi connectivity index (χ3v) is 6.37. The summed E-state index contributed by atoms with van der Waals surface area (Å²) in [6, 6.07) is 5.34. The van der Waals surface area contributed by atoms with E-state index in [1.807, 2.05) is 6.07 Å². The van der Waals surface area contributed by atoms with Crippen LogP contribution in [0.2, 0.25) is 0 Å². The molecule has 5 aliphatic rings. The topological polar surface area (TPSA) is 68.2 Å². The third kappa shape index (κ3) is 2.01. The van der Waals surface area contributed by atoms with Crippen molar-refractivity contribution in [2.45, 2.75) is 6.42 Å². The fourth-order valence-electron chi connectivity index (χ4n) is 5.11. The number of benzene rings is 1. The summed E-state index contributed by atoms with van der Waals surface area (Å²) in [5.74, 6) is 2.07. The molecule has 6 heteroatoms. The zero-order chi connectivity index (χ0) is 18.0.